The van der Waals surface area contributed by atoms with Crippen molar-refractivity contribution in [2.24, 2.45) is 11.1 Å². The summed E-state index contributed by atoms with van der Waals surface area (Å²) in [5.74, 6) is 0.273. The average molecular weight is 273 g/mol. The van der Waals surface area contributed by atoms with Gasteiger partial charge in [-0.1, -0.05) is 13.8 Å². The van der Waals surface area contributed by atoms with Gasteiger partial charge in [0.05, 0.1) is 12.4 Å². The lowest BCUT2D eigenvalue weighted by Crippen LogP contribution is -2.34. The predicted octanol–water partition coefficient (Wildman–Crippen LogP) is 1.71. The number of nitrogens with one attached hydrogen (secondary N) is 1. The standard InChI is InChI=1S/C14H31N3O2/c1-14(2,13(15)16)7-5-8-17(10-12-19-4)9-6-11-18-3/h5-12H2,1-4H3,(H3,15,16). The zero-order valence-corrected chi connectivity index (χ0v) is 13.0. The Balaban J connectivity index is 3.99. The van der Waals surface area contributed by atoms with E-state index in [2.05, 4.69) is 4.90 Å². The molecule has 0 aliphatic heterocycles. The molecule has 19 heavy (non-hydrogen) atoms. The predicted molar refractivity (Wildman–Crippen MR) is 79.7 cm³/mol. The molecule has 0 atom stereocenters. The van der Waals surface area contributed by atoms with E-state index in [1.165, 1.54) is 0 Å². The van der Waals surface area contributed by atoms with Gasteiger partial charge in [0.25, 0.3) is 0 Å². The summed E-state index contributed by atoms with van der Waals surface area (Å²) < 4.78 is 10.2. The normalized spacial score (nSPS) is 12.1. The highest BCUT2D eigenvalue weighted by molar-refractivity contribution is 5.82. The molecule has 0 radical (unpaired) electrons. The molecule has 0 aliphatic rings. The molecule has 3 N–H and O–H groups in total. The largest absolute Gasteiger partial charge is 0.387 e. The Bertz CT molecular complexity index is 245. The number of ether oxygens (including phenoxy) is 2. The van der Waals surface area contributed by atoms with E-state index in [0.717, 1.165) is 52.1 Å². The second-order valence-electron chi connectivity index (χ2n) is 5.58. The molecule has 5 nitrogen and oxygen atoms in total. The Labute approximate surface area is 117 Å². The van der Waals surface area contributed by atoms with Crippen LogP contribution in [0.15, 0.2) is 0 Å². The quantitative estimate of drug-likeness (QED) is 0.323. The zero-order valence-electron chi connectivity index (χ0n) is 13.0. The molecule has 0 rings (SSSR count). The minimum atomic E-state index is -0.195. The fourth-order valence-electron chi connectivity index (χ4n) is 1.87. The van der Waals surface area contributed by atoms with Gasteiger partial charge in [0.15, 0.2) is 0 Å². The SMILES string of the molecule is COCCCN(CCCC(C)(C)C(=N)N)CCOC. The summed E-state index contributed by atoms with van der Waals surface area (Å²) in [5.41, 5.74) is 5.40. The molecule has 0 bridgehead atoms. The molecular weight excluding hydrogens is 242 g/mol. The number of amidine groups is 1. The first kappa shape index (κ1) is 18.4. The topological polar surface area (TPSA) is 71.6 Å². The van der Waals surface area contributed by atoms with Gasteiger partial charge in [0.2, 0.25) is 0 Å². The number of rotatable bonds is 12. The van der Waals surface area contributed by atoms with Gasteiger partial charge in [0.1, 0.15) is 0 Å². The molecule has 0 saturated heterocycles. The summed E-state index contributed by atoms with van der Waals surface area (Å²) in [6.45, 7) is 8.59. The smallest absolute Gasteiger partial charge is 0.0963 e. The van der Waals surface area contributed by atoms with E-state index in [1.54, 1.807) is 14.2 Å². The van der Waals surface area contributed by atoms with E-state index in [0.29, 0.717) is 0 Å². The van der Waals surface area contributed by atoms with Crippen LogP contribution < -0.4 is 5.73 Å². The Morgan fingerprint density at radius 3 is 2.16 bits per heavy atom. The second kappa shape index (κ2) is 10.2. The number of hydrogen-bond donors (Lipinski definition) is 2. The summed E-state index contributed by atoms with van der Waals surface area (Å²) in [4.78, 5) is 2.39. The maximum absolute atomic E-state index is 7.56. The monoisotopic (exact) mass is 273 g/mol. The van der Waals surface area contributed by atoms with Crippen molar-refractivity contribution in [2.45, 2.75) is 33.1 Å². The molecule has 0 aromatic carbocycles. The lowest BCUT2D eigenvalue weighted by molar-refractivity contribution is 0.130. The van der Waals surface area contributed by atoms with E-state index >= 15 is 0 Å². The number of methoxy groups -OCH3 is 2. The first-order valence-electron chi connectivity index (χ1n) is 6.98. The number of nitrogens with zero attached hydrogens (tertiary/aromatic N) is 1. The molecule has 0 aromatic heterocycles. The number of nitrogens with two attached hydrogens (primary N) is 1. The fourth-order valence-corrected chi connectivity index (χ4v) is 1.87. The van der Waals surface area contributed by atoms with Crippen molar-refractivity contribution in [3.63, 3.8) is 0 Å². The van der Waals surface area contributed by atoms with Crippen LogP contribution in [-0.4, -0.2) is 57.8 Å². The van der Waals surface area contributed by atoms with Gasteiger partial charge in [-0.25, -0.2) is 0 Å². The van der Waals surface area contributed by atoms with E-state index in [-0.39, 0.29) is 11.3 Å². The Morgan fingerprint density at radius 1 is 1.05 bits per heavy atom. The van der Waals surface area contributed by atoms with E-state index in [9.17, 15) is 0 Å². The molecule has 0 aromatic rings. The van der Waals surface area contributed by atoms with Crippen LogP contribution in [0.2, 0.25) is 0 Å². The highest BCUT2D eigenvalue weighted by Gasteiger charge is 2.21. The fraction of sp³-hybridized carbons (Fsp3) is 0.929. The maximum atomic E-state index is 7.56. The lowest BCUT2D eigenvalue weighted by atomic mass is 9.86. The van der Waals surface area contributed by atoms with Crippen LogP contribution in [-0.2, 0) is 9.47 Å². The highest BCUT2D eigenvalue weighted by atomic mass is 16.5. The van der Waals surface area contributed by atoms with Crippen LogP contribution in [0.3, 0.4) is 0 Å². The minimum absolute atomic E-state index is 0.195. The van der Waals surface area contributed by atoms with Crippen LogP contribution in [0.25, 0.3) is 0 Å². The van der Waals surface area contributed by atoms with Crippen LogP contribution in [0, 0.1) is 10.8 Å². The third-order valence-electron chi connectivity index (χ3n) is 3.44. The molecule has 5 heteroatoms. The molecule has 0 fully saturated rings. The molecule has 114 valence electrons. The van der Waals surface area contributed by atoms with Gasteiger partial charge < -0.3 is 20.1 Å². The first-order valence-corrected chi connectivity index (χ1v) is 6.98. The van der Waals surface area contributed by atoms with Gasteiger partial charge in [0, 0.05) is 39.3 Å². The van der Waals surface area contributed by atoms with Crippen molar-refractivity contribution in [3.05, 3.63) is 0 Å². The summed E-state index contributed by atoms with van der Waals surface area (Å²) in [7, 11) is 3.46. The van der Waals surface area contributed by atoms with Crippen LogP contribution in [0.5, 0.6) is 0 Å². The molecule has 0 aliphatic carbocycles. The van der Waals surface area contributed by atoms with E-state index < -0.39 is 0 Å². The van der Waals surface area contributed by atoms with Gasteiger partial charge >= 0.3 is 0 Å². The minimum Gasteiger partial charge on any atom is -0.387 e. The Hall–Kier alpha value is -0.650. The van der Waals surface area contributed by atoms with Gasteiger partial charge in [-0.3, -0.25) is 5.41 Å². The van der Waals surface area contributed by atoms with Crippen molar-refractivity contribution in [1.82, 2.24) is 4.90 Å². The molecule has 0 heterocycles. The maximum Gasteiger partial charge on any atom is 0.0963 e. The van der Waals surface area contributed by atoms with Gasteiger partial charge in [-0.2, -0.15) is 0 Å². The van der Waals surface area contributed by atoms with Crippen molar-refractivity contribution in [2.75, 3.05) is 47.1 Å². The summed E-state index contributed by atoms with van der Waals surface area (Å²) in [5, 5.41) is 7.56. The van der Waals surface area contributed by atoms with E-state index in [1.807, 2.05) is 13.8 Å². The Morgan fingerprint density at radius 2 is 1.63 bits per heavy atom. The summed E-state index contributed by atoms with van der Waals surface area (Å²) >= 11 is 0. The summed E-state index contributed by atoms with van der Waals surface area (Å²) in [6, 6.07) is 0. The Kier molecular flexibility index (Phi) is 9.83. The molecule has 0 unspecified atom stereocenters. The van der Waals surface area contributed by atoms with Crippen molar-refractivity contribution < 1.29 is 9.47 Å². The van der Waals surface area contributed by atoms with Crippen LogP contribution >= 0.6 is 0 Å². The van der Waals surface area contributed by atoms with Gasteiger partial charge in [-0.05, 0) is 25.8 Å². The zero-order chi connectivity index (χ0) is 14.7. The molecule has 0 saturated carbocycles. The second-order valence-corrected chi connectivity index (χ2v) is 5.58. The summed E-state index contributed by atoms with van der Waals surface area (Å²) in [6.07, 6.45) is 3.02. The molecule has 0 spiro atoms. The first-order chi connectivity index (χ1) is 8.94. The molecular formula is C14H31N3O2. The van der Waals surface area contributed by atoms with Crippen molar-refractivity contribution in [1.29, 1.82) is 5.41 Å². The van der Waals surface area contributed by atoms with Crippen LogP contribution in [0.1, 0.15) is 33.1 Å². The third kappa shape index (κ3) is 8.97. The average Bonchev–Trinajstić information content (AvgIpc) is 2.35. The lowest BCUT2D eigenvalue weighted by Gasteiger charge is -2.26. The van der Waals surface area contributed by atoms with Crippen molar-refractivity contribution >= 4 is 5.84 Å². The van der Waals surface area contributed by atoms with Crippen molar-refractivity contribution in [3.8, 4) is 0 Å². The van der Waals surface area contributed by atoms with E-state index in [4.69, 9.17) is 20.6 Å². The van der Waals surface area contributed by atoms with Crippen LogP contribution in [0.4, 0.5) is 0 Å². The molecule has 0 amide bonds. The highest BCUT2D eigenvalue weighted by Crippen LogP contribution is 2.21. The van der Waals surface area contributed by atoms with Gasteiger partial charge in [-0.15, -0.1) is 0 Å². The third-order valence-corrected chi connectivity index (χ3v) is 3.44. The number of hydrogen-bond acceptors (Lipinski definition) is 4.